The fourth-order valence-electron chi connectivity index (χ4n) is 2.44. The molecule has 0 radical (unpaired) electrons. The van der Waals surface area contributed by atoms with Crippen LogP contribution < -0.4 is 0 Å². The van der Waals surface area contributed by atoms with Gasteiger partial charge in [0.05, 0.1) is 10.4 Å². The number of aromatic nitrogens is 2. The van der Waals surface area contributed by atoms with E-state index in [1.54, 1.807) is 30.0 Å². The number of fused-ring (bicyclic) bond motifs is 1. The van der Waals surface area contributed by atoms with Crippen molar-refractivity contribution < 1.29 is 4.79 Å². The van der Waals surface area contributed by atoms with Gasteiger partial charge in [-0.3, -0.25) is 4.79 Å². The van der Waals surface area contributed by atoms with Crippen molar-refractivity contribution in [3.05, 3.63) is 41.6 Å². The van der Waals surface area contributed by atoms with E-state index in [0.29, 0.717) is 5.56 Å². The predicted molar refractivity (Wildman–Crippen MR) is 89.4 cm³/mol. The summed E-state index contributed by atoms with van der Waals surface area (Å²) in [6, 6.07) is 10.00. The Morgan fingerprint density at radius 2 is 1.90 bits per heavy atom. The molecule has 0 aliphatic heterocycles. The molecule has 21 heavy (non-hydrogen) atoms. The van der Waals surface area contributed by atoms with Crippen LogP contribution in [0.25, 0.3) is 21.5 Å². The molecule has 2 aromatic heterocycles. The van der Waals surface area contributed by atoms with Crippen LogP contribution in [0, 0.1) is 6.92 Å². The van der Waals surface area contributed by atoms with Crippen LogP contribution in [0.15, 0.2) is 34.7 Å². The predicted octanol–water partition coefficient (Wildman–Crippen LogP) is 4.59. The number of nitrogens with zero attached hydrogens (tertiary/aromatic N) is 2. The largest absolute Gasteiger partial charge is 0.294 e. The van der Waals surface area contributed by atoms with Crippen molar-refractivity contribution in [1.29, 1.82) is 0 Å². The van der Waals surface area contributed by atoms with Gasteiger partial charge in [-0.05, 0) is 25.7 Å². The number of carbonyl (C=O) groups is 1. The molecule has 0 atom stereocenters. The molecule has 0 fully saturated rings. The maximum atomic E-state index is 12.1. The van der Waals surface area contributed by atoms with Crippen LogP contribution >= 0.6 is 23.1 Å². The van der Waals surface area contributed by atoms with E-state index in [4.69, 9.17) is 0 Å². The number of rotatable bonds is 3. The fraction of sp³-hybridized carbons (Fsp3) is 0.188. The van der Waals surface area contributed by atoms with Crippen molar-refractivity contribution in [2.45, 2.75) is 18.2 Å². The summed E-state index contributed by atoms with van der Waals surface area (Å²) < 4.78 is 1.95. The van der Waals surface area contributed by atoms with Gasteiger partial charge in [0.1, 0.15) is 0 Å². The lowest BCUT2D eigenvalue weighted by molar-refractivity contribution is 0.101. The Morgan fingerprint density at radius 1 is 1.19 bits per heavy atom. The lowest BCUT2D eigenvalue weighted by Crippen LogP contribution is -2.03. The molecule has 0 N–H and O–H groups in total. The van der Waals surface area contributed by atoms with Crippen molar-refractivity contribution in [2.75, 3.05) is 6.26 Å². The van der Waals surface area contributed by atoms with E-state index >= 15 is 0 Å². The highest BCUT2D eigenvalue weighted by Gasteiger charge is 2.20. The molecule has 3 nitrogen and oxygen atoms in total. The number of thiazole rings is 1. The third kappa shape index (κ3) is 2.47. The maximum absolute atomic E-state index is 12.1. The van der Waals surface area contributed by atoms with Crippen molar-refractivity contribution in [3.8, 4) is 11.1 Å². The second-order valence-electron chi connectivity index (χ2n) is 4.71. The van der Waals surface area contributed by atoms with Gasteiger partial charge in [-0.1, -0.05) is 42.1 Å². The molecule has 0 bridgehead atoms. The van der Waals surface area contributed by atoms with Crippen molar-refractivity contribution >= 4 is 39.2 Å². The van der Waals surface area contributed by atoms with Crippen LogP contribution in [-0.2, 0) is 0 Å². The van der Waals surface area contributed by atoms with Gasteiger partial charge < -0.3 is 0 Å². The molecule has 5 heteroatoms. The molecule has 3 aromatic rings. The van der Waals surface area contributed by atoms with Gasteiger partial charge in [0.2, 0.25) is 0 Å². The number of thioether (sulfide) groups is 1. The third-order valence-corrected chi connectivity index (χ3v) is 5.34. The average molecular weight is 314 g/mol. The molecule has 0 amide bonds. The Morgan fingerprint density at radius 3 is 2.52 bits per heavy atom. The van der Waals surface area contributed by atoms with E-state index in [2.05, 4.69) is 9.97 Å². The summed E-state index contributed by atoms with van der Waals surface area (Å²) in [6.45, 7) is 3.47. The second-order valence-corrected chi connectivity index (χ2v) is 6.76. The number of Topliss-reactive ketones (excluding diaryl/α,β-unsaturated/α-hetero) is 1. The van der Waals surface area contributed by atoms with Gasteiger partial charge >= 0.3 is 0 Å². The Balaban J connectivity index is 2.44. The molecule has 0 saturated heterocycles. The fourth-order valence-corrected chi connectivity index (χ4v) is 4.01. The van der Waals surface area contributed by atoms with Crippen LogP contribution in [0.4, 0.5) is 0 Å². The molecule has 3 rings (SSSR count). The minimum atomic E-state index is 0.0415. The van der Waals surface area contributed by atoms with Crippen LogP contribution in [0.3, 0.4) is 0 Å². The summed E-state index contributed by atoms with van der Waals surface area (Å²) in [5.41, 5.74) is 4.17. The molecule has 0 unspecified atom stereocenters. The maximum Gasteiger partial charge on any atom is 0.172 e. The number of hydrogen-bond donors (Lipinski definition) is 0. The summed E-state index contributed by atoms with van der Waals surface area (Å²) in [7, 11) is 0. The minimum Gasteiger partial charge on any atom is -0.294 e. The quantitative estimate of drug-likeness (QED) is 0.524. The average Bonchev–Trinajstić information content (AvgIpc) is 2.88. The summed E-state index contributed by atoms with van der Waals surface area (Å²) in [5.74, 6) is 0.0415. The molecule has 0 aliphatic carbocycles. The van der Waals surface area contributed by atoms with Gasteiger partial charge in [0.25, 0.3) is 0 Å². The Hall–Kier alpha value is -1.72. The lowest BCUT2D eigenvalue weighted by Gasteiger charge is -2.10. The number of benzene rings is 1. The van der Waals surface area contributed by atoms with Crippen molar-refractivity contribution in [3.63, 3.8) is 0 Å². The van der Waals surface area contributed by atoms with Gasteiger partial charge in [-0.2, -0.15) is 0 Å². The van der Waals surface area contributed by atoms with Crippen LogP contribution in [0.5, 0.6) is 0 Å². The van der Waals surface area contributed by atoms with E-state index in [1.165, 1.54) is 0 Å². The number of ketones is 1. The third-order valence-electron chi connectivity index (χ3n) is 3.29. The Labute approximate surface area is 131 Å². The van der Waals surface area contributed by atoms with E-state index in [0.717, 1.165) is 31.5 Å². The Bertz CT molecular complexity index is 825. The van der Waals surface area contributed by atoms with Crippen LogP contribution in [0.1, 0.15) is 23.0 Å². The van der Waals surface area contributed by atoms with Crippen LogP contribution in [0.2, 0.25) is 0 Å². The van der Waals surface area contributed by atoms with E-state index in [1.807, 2.05) is 43.5 Å². The molecular weight excluding hydrogens is 300 g/mol. The number of hydrogen-bond acceptors (Lipinski definition) is 5. The molecule has 0 aliphatic rings. The standard InChI is InChI=1S/C16H14N2OS2/c1-9-12(10(2)19)13(11-7-5-4-6-8-11)14-15(17-9)18-16(20-3)21-14/h4-8H,1-3H3. The zero-order valence-electron chi connectivity index (χ0n) is 12.0. The first-order chi connectivity index (χ1) is 10.1. The van der Waals surface area contributed by atoms with Crippen molar-refractivity contribution in [2.24, 2.45) is 0 Å². The summed E-state index contributed by atoms with van der Waals surface area (Å²) in [5, 5.41) is 0. The highest BCUT2D eigenvalue weighted by molar-refractivity contribution is 8.00. The zero-order chi connectivity index (χ0) is 15.0. The van der Waals surface area contributed by atoms with E-state index in [9.17, 15) is 4.79 Å². The van der Waals surface area contributed by atoms with Crippen molar-refractivity contribution in [1.82, 2.24) is 9.97 Å². The SMILES string of the molecule is CSc1nc2nc(C)c(C(C)=O)c(-c3ccccc3)c2s1. The van der Waals surface area contributed by atoms with E-state index < -0.39 is 0 Å². The highest BCUT2D eigenvalue weighted by Crippen LogP contribution is 2.38. The smallest absolute Gasteiger partial charge is 0.172 e. The molecule has 0 saturated carbocycles. The monoisotopic (exact) mass is 314 g/mol. The Kier molecular flexibility index (Phi) is 3.78. The van der Waals surface area contributed by atoms with Crippen LogP contribution in [-0.4, -0.2) is 22.0 Å². The minimum absolute atomic E-state index is 0.0415. The molecule has 2 heterocycles. The summed E-state index contributed by atoms with van der Waals surface area (Å²) >= 11 is 3.20. The van der Waals surface area contributed by atoms with Gasteiger partial charge in [-0.15, -0.1) is 11.3 Å². The van der Waals surface area contributed by atoms with E-state index in [-0.39, 0.29) is 5.78 Å². The number of aryl methyl sites for hydroxylation is 1. The molecule has 1 aromatic carbocycles. The zero-order valence-corrected chi connectivity index (χ0v) is 13.6. The first-order valence-corrected chi connectivity index (χ1v) is 8.57. The first-order valence-electron chi connectivity index (χ1n) is 6.53. The van der Waals surface area contributed by atoms with Gasteiger partial charge in [-0.25, -0.2) is 9.97 Å². The summed E-state index contributed by atoms with van der Waals surface area (Å²) in [4.78, 5) is 21.2. The first kappa shape index (κ1) is 14.2. The number of pyridine rings is 1. The highest BCUT2D eigenvalue weighted by atomic mass is 32.2. The molecular formula is C16H14N2OS2. The topological polar surface area (TPSA) is 42.9 Å². The lowest BCUT2D eigenvalue weighted by atomic mass is 9.97. The molecule has 106 valence electrons. The second kappa shape index (κ2) is 5.58. The normalized spacial score (nSPS) is 11.0. The summed E-state index contributed by atoms with van der Waals surface area (Å²) in [6.07, 6.45) is 2.00. The van der Waals surface area contributed by atoms with Gasteiger partial charge in [0.15, 0.2) is 15.8 Å². The molecule has 0 spiro atoms. The van der Waals surface area contributed by atoms with Gasteiger partial charge in [0, 0.05) is 11.1 Å². The number of carbonyl (C=O) groups excluding carboxylic acids is 1.